The molecule has 1 aliphatic carbocycles. The molecule has 5 heteroatoms. The van der Waals surface area contributed by atoms with Crippen LogP contribution in [0.15, 0.2) is 30.3 Å². The molecule has 1 saturated carbocycles. The minimum Gasteiger partial charge on any atom is -0.467 e. The molecule has 0 aromatic heterocycles. The number of methoxy groups -OCH3 is 1. The molecule has 20 heavy (non-hydrogen) atoms. The molecule has 1 atom stereocenters. The molecule has 1 aromatic carbocycles. The van der Waals surface area contributed by atoms with E-state index in [0.717, 1.165) is 18.4 Å². The van der Waals surface area contributed by atoms with Crippen molar-refractivity contribution in [1.29, 1.82) is 0 Å². The van der Waals surface area contributed by atoms with Crippen molar-refractivity contribution in [3.63, 3.8) is 0 Å². The first-order chi connectivity index (χ1) is 9.70. The Morgan fingerprint density at radius 1 is 1.25 bits per heavy atom. The first-order valence-corrected chi connectivity index (χ1v) is 6.77. The molecule has 0 spiro atoms. The number of esters is 1. The molecule has 0 unspecified atom stereocenters. The molecule has 2 saturated heterocycles. The van der Waals surface area contributed by atoms with Gasteiger partial charge in [0, 0.05) is 6.04 Å². The summed E-state index contributed by atoms with van der Waals surface area (Å²) >= 11 is 0. The van der Waals surface area contributed by atoms with Crippen molar-refractivity contribution < 1.29 is 19.1 Å². The molecular formula is C15H17NO4. The van der Waals surface area contributed by atoms with Crippen LogP contribution < -0.4 is 0 Å². The molecule has 0 radical (unpaired) electrons. The zero-order valence-corrected chi connectivity index (χ0v) is 11.3. The van der Waals surface area contributed by atoms with Crippen LogP contribution in [0.25, 0.3) is 0 Å². The van der Waals surface area contributed by atoms with Crippen LogP contribution in [0, 0.1) is 5.92 Å². The lowest BCUT2D eigenvalue weighted by Crippen LogP contribution is -2.42. The zero-order chi connectivity index (χ0) is 14.1. The lowest BCUT2D eigenvalue weighted by molar-refractivity contribution is -0.145. The average molecular weight is 275 g/mol. The minimum absolute atomic E-state index is 0.132. The van der Waals surface area contributed by atoms with Gasteiger partial charge in [0.15, 0.2) is 0 Å². The van der Waals surface area contributed by atoms with Gasteiger partial charge in [-0.3, -0.25) is 4.90 Å². The number of amides is 1. The zero-order valence-electron chi connectivity index (χ0n) is 11.3. The van der Waals surface area contributed by atoms with E-state index in [9.17, 15) is 9.59 Å². The van der Waals surface area contributed by atoms with E-state index in [1.54, 1.807) is 4.90 Å². The Morgan fingerprint density at radius 3 is 2.60 bits per heavy atom. The highest BCUT2D eigenvalue weighted by Gasteiger charge is 2.57. The molecule has 0 N–H and O–H groups in total. The number of rotatable bonds is 3. The number of nitrogens with zero attached hydrogens (tertiary/aromatic N) is 1. The fraction of sp³-hybridized carbons (Fsp3) is 0.467. The highest BCUT2D eigenvalue weighted by molar-refractivity contribution is 5.83. The minimum atomic E-state index is -0.465. The predicted octanol–water partition coefficient (Wildman–Crippen LogP) is 1.96. The van der Waals surface area contributed by atoms with Crippen molar-refractivity contribution >= 4 is 12.1 Å². The number of hydrogen-bond donors (Lipinski definition) is 0. The molecular weight excluding hydrogens is 258 g/mol. The summed E-state index contributed by atoms with van der Waals surface area (Å²) in [5, 5.41) is 0. The molecule has 1 aromatic rings. The summed E-state index contributed by atoms with van der Waals surface area (Å²) in [4.78, 5) is 25.5. The van der Waals surface area contributed by atoms with Gasteiger partial charge in [0.1, 0.15) is 12.6 Å². The Labute approximate surface area is 117 Å². The fourth-order valence-electron chi connectivity index (χ4n) is 3.05. The van der Waals surface area contributed by atoms with Gasteiger partial charge in [0.25, 0.3) is 0 Å². The number of hydrogen-bond acceptors (Lipinski definition) is 4. The van der Waals surface area contributed by atoms with Gasteiger partial charge in [-0.05, 0) is 24.3 Å². The molecule has 1 amide bonds. The van der Waals surface area contributed by atoms with Gasteiger partial charge in [-0.1, -0.05) is 30.3 Å². The van der Waals surface area contributed by atoms with E-state index in [0.29, 0.717) is 0 Å². The molecule has 5 nitrogen and oxygen atoms in total. The van der Waals surface area contributed by atoms with Gasteiger partial charge in [0.05, 0.1) is 7.11 Å². The Hall–Kier alpha value is -2.04. The maximum absolute atomic E-state index is 12.2. The second-order valence-electron chi connectivity index (χ2n) is 5.30. The highest BCUT2D eigenvalue weighted by Crippen LogP contribution is 2.46. The molecule has 106 valence electrons. The molecule has 4 rings (SSSR count). The van der Waals surface area contributed by atoms with Gasteiger partial charge < -0.3 is 9.47 Å². The number of benzene rings is 1. The highest BCUT2D eigenvalue weighted by atomic mass is 16.6. The van der Waals surface area contributed by atoms with Crippen molar-refractivity contribution in [2.45, 2.75) is 31.5 Å². The normalized spacial score (nSPS) is 26.9. The number of carbonyl (C=O) groups excluding carboxylic acids is 2. The second-order valence-corrected chi connectivity index (χ2v) is 5.30. The van der Waals surface area contributed by atoms with Gasteiger partial charge in [-0.15, -0.1) is 0 Å². The average Bonchev–Trinajstić information content (AvgIpc) is 3.00. The third-order valence-electron chi connectivity index (χ3n) is 4.15. The third kappa shape index (κ3) is 2.13. The molecule has 2 heterocycles. The quantitative estimate of drug-likeness (QED) is 0.791. The van der Waals surface area contributed by atoms with Gasteiger partial charge in [0.2, 0.25) is 0 Å². The van der Waals surface area contributed by atoms with E-state index in [2.05, 4.69) is 0 Å². The summed E-state index contributed by atoms with van der Waals surface area (Å²) in [7, 11) is 1.35. The predicted molar refractivity (Wildman–Crippen MR) is 70.8 cm³/mol. The Morgan fingerprint density at radius 2 is 1.95 bits per heavy atom. The van der Waals surface area contributed by atoms with Crippen LogP contribution in [-0.4, -0.2) is 36.2 Å². The fourth-order valence-corrected chi connectivity index (χ4v) is 3.05. The van der Waals surface area contributed by atoms with E-state index in [1.165, 1.54) is 7.11 Å². The lowest BCUT2D eigenvalue weighted by atomic mass is 9.83. The summed E-state index contributed by atoms with van der Waals surface area (Å²) in [5.41, 5.74) is 0.932. The molecule has 3 aliphatic rings. The Balaban J connectivity index is 1.63. The molecule has 3 fully saturated rings. The molecule has 2 aliphatic heterocycles. The summed E-state index contributed by atoms with van der Waals surface area (Å²) in [6.07, 6.45) is 1.33. The monoisotopic (exact) mass is 275 g/mol. The van der Waals surface area contributed by atoms with E-state index in [-0.39, 0.29) is 24.5 Å². The van der Waals surface area contributed by atoms with Crippen LogP contribution in [0.4, 0.5) is 4.79 Å². The number of carbonyl (C=O) groups is 2. The first-order valence-electron chi connectivity index (χ1n) is 6.77. The van der Waals surface area contributed by atoms with Crippen molar-refractivity contribution in [2.75, 3.05) is 7.11 Å². The van der Waals surface area contributed by atoms with Crippen molar-refractivity contribution in [2.24, 2.45) is 5.92 Å². The topological polar surface area (TPSA) is 55.8 Å². The van der Waals surface area contributed by atoms with E-state index in [4.69, 9.17) is 9.47 Å². The van der Waals surface area contributed by atoms with E-state index < -0.39 is 12.1 Å². The van der Waals surface area contributed by atoms with Crippen molar-refractivity contribution in [1.82, 2.24) is 4.90 Å². The largest absolute Gasteiger partial charge is 0.467 e. The first kappa shape index (κ1) is 13.0. The summed E-state index contributed by atoms with van der Waals surface area (Å²) in [5.74, 6) is -0.108. The van der Waals surface area contributed by atoms with Crippen LogP contribution in [0.5, 0.6) is 0 Å². The summed E-state index contributed by atoms with van der Waals surface area (Å²) < 4.78 is 10.1. The SMILES string of the molecule is COC(=O)[C@H]1C2CC(C2)N1C(=O)OCc1ccccc1. The van der Waals surface area contributed by atoms with Crippen LogP contribution in [0.3, 0.4) is 0 Å². The number of fused-ring (bicyclic) bond motifs is 1. The van der Waals surface area contributed by atoms with E-state index >= 15 is 0 Å². The third-order valence-corrected chi connectivity index (χ3v) is 4.15. The molecule has 2 bridgehead atoms. The Kier molecular flexibility index (Phi) is 3.34. The summed E-state index contributed by atoms with van der Waals surface area (Å²) in [6.45, 7) is 0.224. The van der Waals surface area contributed by atoms with Crippen molar-refractivity contribution in [3.8, 4) is 0 Å². The lowest BCUT2D eigenvalue weighted by Gasteiger charge is -2.25. The van der Waals surface area contributed by atoms with E-state index in [1.807, 2.05) is 30.3 Å². The van der Waals surface area contributed by atoms with Gasteiger partial charge >= 0.3 is 12.1 Å². The van der Waals surface area contributed by atoms with Crippen LogP contribution in [0.1, 0.15) is 18.4 Å². The maximum atomic E-state index is 12.2. The second kappa shape index (κ2) is 5.15. The summed E-state index contributed by atoms with van der Waals surface area (Å²) in [6, 6.07) is 9.17. The van der Waals surface area contributed by atoms with Crippen LogP contribution >= 0.6 is 0 Å². The van der Waals surface area contributed by atoms with Crippen LogP contribution in [0.2, 0.25) is 0 Å². The van der Waals surface area contributed by atoms with Gasteiger partial charge in [-0.25, -0.2) is 9.59 Å². The maximum Gasteiger partial charge on any atom is 0.411 e. The van der Waals surface area contributed by atoms with Crippen molar-refractivity contribution in [3.05, 3.63) is 35.9 Å². The standard InChI is InChI=1S/C15H17NO4/c1-19-14(17)13-11-7-12(8-11)16(13)15(18)20-9-10-5-3-2-4-6-10/h2-6,11-13H,7-9H2,1H3/t11?,12?,13-/m1/s1. The van der Waals surface area contributed by atoms with Gasteiger partial charge in [-0.2, -0.15) is 0 Å². The Bertz CT molecular complexity index is 510. The number of ether oxygens (including phenoxy) is 2. The van der Waals surface area contributed by atoms with Crippen LogP contribution in [-0.2, 0) is 20.9 Å². The smallest absolute Gasteiger partial charge is 0.411 e.